The minimum Gasteiger partial charge on any atom is -0.462 e. The van der Waals surface area contributed by atoms with Crippen molar-refractivity contribution in [2.75, 3.05) is 24.6 Å². The van der Waals surface area contributed by atoms with Crippen molar-refractivity contribution in [3.63, 3.8) is 0 Å². The van der Waals surface area contributed by atoms with Crippen molar-refractivity contribution in [3.8, 4) is 0 Å². The molecule has 2 unspecified atom stereocenters. The molecule has 0 radical (unpaired) electrons. The first-order valence-corrected chi connectivity index (χ1v) is 9.42. The number of anilines is 1. The van der Waals surface area contributed by atoms with Gasteiger partial charge >= 0.3 is 5.97 Å². The average molecular weight is 356 g/mol. The van der Waals surface area contributed by atoms with Gasteiger partial charge in [-0.3, -0.25) is 4.98 Å². The molecule has 1 aromatic carbocycles. The number of ether oxygens (including phenoxy) is 1. The molecule has 0 saturated carbocycles. The smallest absolute Gasteiger partial charge is 0.341 e. The Balaban J connectivity index is 2.18. The van der Waals surface area contributed by atoms with Crippen LogP contribution in [0.5, 0.6) is 0 Å². The first-order chi connectivity index (χ1) is 12.4. The number of pyridine rings is 1. The van der Waals surface area contributed by atoms with Crippen molar-refractivity contribution in [2.24, 2.45) is 5.92 Å². The lowest BCUT2D eigenvalue weighted by Gasteiger charge is -2.37. The van der Waals surface area contributed by atoms with E-state index in [4.69, 9.17) is 4.74 Å². The van der Waals surface area contributed by atoms with Crippen molar-refractivity contribution >= 4 is 22.6 Å². The summed E-state index contributed by atoms with van der Waals surface area (Å²) < 4.78 is 5.29. The van der Waals surface area contributed by atoms with Crippen LogP contribution in [-0.4, -0.2) is 41.9 Å². The molecule has 5 nitrogen and oxygen atoms in total. The highest BCUT2D eigenvalue weighted by Gasteiger charge is 2.28. The third kappa shape index (κ3) is 3.54. The molecule has 140 valence electrons. The zero-order valence-corrected chi connectivity index (χ0v) is 16.1. The normalized spacial score (nSPS) is 18.8. The molecule has 2 aromatic rings. The van der Waals surface area contributed by atoms with E-state index in [1.54, 1.807) is 6.20 Å². The van der Waals surface area contributed by atoms with Crippen LogP contribution >= 0.6 is 0 Å². The summed E-state index contributed by atoms with van der Waals surface area (Å²) in [6.45, 7) is 9.69. The Morgan fingerprint density at radius 3 is 2.88 bits per heavy atom. The lowest BCUT2D eigenvalue weighted by atomic mass is 9.92. The fraction of sp³-hybridized carbons (Fsp3) is 0.524. The summed E-state index contributed by atoms with van der Waals surface area (Å²) in [7, 11) is 0. The molecule has 0 spiro atoms. The number of aryl methyl sites for hydroxylation is 2. The van der Waals surface area contributed by atoms with Crippen LogP contribution in [0.25, 0.3) is 10.9 Å². The second-order valence-corrected chi connectivity index (χ2v) is 7.31. The van der Waals surface area contributed by atoms with Gasteiger partial charge in [0.05, 0.1) is 23.9 Å². The van der Waals surface area contributed by atoms with Gasteiger partial charge in [0.15, 0.2) is 0 Å². The first-order valence-electron chi connectivity index (χ1n) is 9.42. The SMILES string of the molecule is CCOC(=O)c1cnc2c(C)cc(C)cc2c1N1CCCC(C(C)O)C1. The molecule has 0 bridgehead atoms. The Bertz CT molecular complexity index is 816. The van der Waals surface area contributed by atoms with E-state index in [1.807, 2.05) is 20.8 Å². The van der Waals surface area contributed by atoms with Gasteiger partial charge in [-0.25, -0.2) is 4.79 Å². The molecule has 5 heteroatoms. The summed E-state index contributed by atoms with van der Waals surface area (Å²) in [5.74, 6) is -0.136. The molecule has 1 fully saturated rings. The average Bonchev–Trinajstić information content (AvgIpc) is 2.60. The highest BCUT2D eigenvalue weighted by molar-refractivity contribution is 6.06. The Kier molecular flexibility index (Phi) is 5.47. The van der Waals surface area contributed by atoms with E-state index in [2.05, 4.69) is 28.9 Å². The summed E-state index contributed by atoms with van der Waals surface area (Å²) >= 11 is 0. The predicted octanol–water partition coefficient (Wildman–Crippen LogP) is 3.63. The number of nitrogens with zero attached hydrogens (tertiary/aromatic N) is 2. The fourth-order valence-electron chi connectivity index (χ4n) is 3.95. The molecule has 0 aliphatic carbocycles. The van der Waals surface area contributed by atoms with Gasteiger partial charge in [-0.2, -0.15) is 0 Å². The number of carbonyl (C=O) groups excluding carboxylic acids is 1. The number of aliphatic hydroxyl groups excluding tert-OH is 1. The molecule has 0 amide bonds. The molecule has 2 heterocycles. The van der Waals surface area contributed by atoms with E-state index < -0.39 is 0 Å². The Morgan fingerprint density at radius 1 is 1.42 bits per heavy atom. The molecule has 1 N–H and O–H groups in total. The molecule has 26 heavy (non-hydrogen) atoms. The van der Waals surface area contributed by atoms with Crippen molar-refractivity contribution in [3.05, 3.63) is 35.0 Å². The Morgan fingerprint density at radius 2 is 2.19 bits per heavy atom. The maximum atomic E-state index is 12.6. The van der Waals surface area contributed by atoms with Crippen LogP contribution in [0.2, 0.25) is 0 Å². The Hall–Kier alpha value is -2.14. The van der Waals surface area contributed by atoms with Gasteiger partial charge in [-0.15, -0.1) is 0 Å². The van der Waals surface area contributed by atoms with E-state index in [9.17, 15) is 9.90 Å². The van der Waals surface area contributed by atoms with Crippen molar-refractivity contribution < 1.29 is 14.6 Å². The molecular formula is C21H28N2O3. The number of rotatable bonds is 4. The van der Waals surface area contributed by atoms with E-state index in [0.717, 1.165) is 53.6 Å². The van der Waals surface area contributed by atoms with Crippen LogP contribution in [0.15, 0.2) is 18.3 Å². The summed E-state index contributed by atoms with van der Waals surface area (Å²) in [6.07, 6.45) is 3.28. The maximum absolute atomic E-state index is 12.6. The molecule has 1 aliphatic rings. The fourth-order valence-corrected chi connectivity index (χ4v) is 3.95. The zero-order chi connectivity index (χ0) is 18.8. The monoisotopic (exact) mass is 356 g/mol. The Labute approximate surface area is 155 Å². The van der Waals surface area contributed by atoms with E-state index >= 15 is 0 Å². The highest BCUT2D eigenvalue weighted by Crippen LogP contribution is 2.35. The number of aliphatic hydroxyl groups is 1. The third-order valence-corrected chi connectivity index (χ3v) is 5.23. The number of hydrogen-bond donors (Lipinski definition) is 1. The summed E-state index contributed by atoms with van der Waals surface area (Å²) in [4.78, 5) is 19.4. The lowest BCUT2D eigenvalue weighted by molar-refractivity contribution is 0.0526. The highest BCUT2D eigenvalue weighted by atomic mass is 16.5. The van der Waals surface area contributed by atoms with Gasteiger partial charge in [-0.1, -0.05) is 11.6 Å². The van der Waals surface area contributed by atoms with Crippen LogP contribution in [0.3, 0.4) is 0 Å². The topological polar surface area (TPSA) is 62.7 Å². The van der Waals surface area contributed by atoms with Gasteiger partial charge in [0.2, 0.25) is 0 Å². The zero-order valence-electron chi connectivity index (χ0n) is 16.1. The number of hydrogen-bond acceptors (Lipinski definition) is 5. The quantitative estimate of drug-likeness (QED) is 0.848. The van der Waals surface area contributed by atoms with Crippen LogP contribution in [0.1, 0.15) is 48.2 Å². The largest absolute Gasteiger partial charge is 0.462 e. The van der Waals surface area contributed by atoms with Crippen molar-refractivity contribution in [2.45, 2.75) is 46.6 Å². The summed E-state index contributed by atoms with van der Waals surface area (Å²) in [6, 6.07) is 4.21. The lowest BCUT2D eigenvalue weighted by Crippen LogP contribution is -2.40. The van der Waals surface area contributed by atoms with Gasteiger partial charge in [0.1, 0.15) is 5.56 Å². The van der Waals surface area contributed by atoms with Gasteiger partial charge in [0.25, 0.3) is 0 Å². The number of benzene rings is 1. The van der Waals surface area contributed by atoms with E-state index in [0.29, 0.717) is 12.2 Å². The minimum absolute atomic E-state index is 0.202. The second-order valence-electron chi connectivity index (χ2n) is 7.31. The number of piperidine rings is 1. The molecule has 2 atom stereocenters. The van der Waals surface area contributed by atoms with Crippen LogP contribution in [-0.2, 0) is 4.74 Å². The van der Waals surface area contributed by atoms with Gasteiger partial charge < -0.3 is 14.7 Å². The first kappa shape index (κ1) is 18.6. The molecule has 1 saturated heterocycles. The summed E-state index contributed by atoms with van der Waals surface area (Å²) in [5, 5.41) is 11.1. The van der Waals surface area contributed by atoms with E-state index in [1.165, 1.54) is 0 Å². The molecular weight excluding hydrogens is 328 g/mol. The van der Waals surface area contributed by atoms with Gasteiger partial charge in [0, 0.05) is 30.6 Å². The third-order valence-electron chi connectivity index (χ3n) is 5.23. The number of fused-ring (bicyclic) bond motifs is 1. The van der Waals surface area contributed by atoms with Crippen molar-refractivity contribution in [1.29, 1.82) is 0 Å². The predicted molar refractivity (Wildman–Crippen MR) is 104 cm³/mol. The number of aromatic nitrogens is 1. The number of carbonyl (C=O) groups is 1. The maximum Gasteiger partial charge on any atom is 0.341 e. The second kappa shape index (κ2) is 7.62. The van der Waals surface area contributed by atoms with Crippen molar-refractivity contribution in [1.82, 2.24) is 4.98 Å². The molecule has 1 aliphatic heterocycles. The van der Waals surface area contributed by atoms with Crippen LogP contribution in [0, 0.1) is 19.8 Å². The standard InChI is InChI=1S/C21H28N2O3/c1-5-26-21(25)18-11-22-19-14(3)9-13(2)10-17(19)20(18)23-8-6-7-16(12-23)15(4)24/h9-11,15-16,24H,5-8,12H2,1-4H3. The van der Waals surface area contributed by atoms with Gasteiger partial charge in [-0.05, 0) is 52.2 Å². The van der Waals surface area contributed by atoms with E-state index in [-0.39, 0.29) is 18.0 Å². The summed E-state index contributed by atoms with van der Waals surface area (Å²) in [5.41, 5.74) is 4.56. The molecule has 1 aromatic heterocycles. The minimum atomic E-state index is -0.361. The molecule has 3 rings (SSSR count). The van der Waals surface area contributed by atoms with Crippen LogP contribution < -0.4 is 4.90 Å². The van der Waals surface area contributed by atoms with Crippen LogP contribution in [0.4, 0.5) is 5.69 Å². The number of esters is 1.